The van der Waals surface area contributed by atoms with E-state index in [0.717, 1.165) is 16.7 Å². The summed E-state index contributed by atoms with van der Waals surface area (Å²) in [4.78, 5) is 0. The maximum atomic E-state index is 10.6. The molecule has 6 nitrogen and oxygen atoms in total. The predicted molar refractivity (Wildman–Crippen MR) is 118 cm³/mol. The minimum Gasteiger partial charge on any atom is -0.395 e. The summed E-state index contributed by atoms with van der Waals surface area (Å²) in [6, 6.07) is 27.8. The average molecular weight is 424 g/mol. The Bertz CT molecular complexity index is 810. The molecule has 0 spiro atoms. The van der Waals surface area contributed by atoms with Gasteiger partial charge in [-0.15, -0.1) is 0 Å². The van der Waals surface area contributed by atoms with Gasteiger partial charge in [0.1, 0.15) is 17.8 Å². The second-order valence-electron chi connectivity index (χ2n) is 7.49. The summed E-state index contributed by atoms with van der Waals surface area (Å²) in [5.74, 6) is 0. The van der Waals surface area contributed by atoms with Crippen molar-refractivity contribution in [2.75, 3.05) is 13.2 Å². The van der Waals surface area contributed by atoms with Gasteiger partial charge in [0.25, 0.3) is 0 Å². The van der Waals surface area contributed by atoms with Crippen LogP contribution in [-0.2, 0) is 10.3 Å². The first-order valence-electron chi connectivity index (χ1n) is 10.2. The van der Waals surface area contributed by atoms with Gasteiger partial charge in [0.15, 0.2) is 0 Å². The summed E-state index contributed by atoms with van der Waals surface area (Å²) in [5.41, 5.74) is 7.08. The highest BCUT2D eigenvalue weighted by Crippen LogP contribution is 2.40. The van der Waals surface area contributed by atoms with Crippen molar-refractivity contribution in [3.8, 4) is 0 Å². The lowest BCUT2D eigenvalue weighted by Gasteiger charge is -2.37. The molecule has 1 unspecified atom stereocenters. The third-order valence-corrected chi connectivity index (χ3v) is 5.41. The minimum absolute atomic E-state index is 0.283. The first-order chi connectivity index (χ1) is 15.0. The molecule has 4 atom stereocenters. The van der Waals surface area contributed by atoms with Gasteiger partial charge in [-0.05, 0) is 16.7 Å². The SMILES string of the molecule is N[C@H](CO)[C@@H](O)[C@H](O)C(O)COC(c1ccccc1)(c1ccccc1)c1ccccc1. The number of aliphatic hydroxyl groups excluding tert-OH is 4. The summed E-state index contributed by atoms with van der Waals surface area (Å²) in [6.45, 7) is -0.803. The average Bonchev–Trinajstić information content (AvgIpc) is 2.84. The molecule has 0 amide bonds. The van der Waals surface area contributed by atoms with E-state index in [9.17, 15) is 15.3 Å². The van der Waals surface area contributed by atoms with Crippen molar-refractivity contribution in [1.29, 1.82) is 0 Å². The van der Waals surface area contributed by atoms with Crippen LogP contribution in [0.25, 0.3) is 0 Å². The normalized spacial score (nSPS) is 15.8. The molecule has 3 aromatic rings. The second-order valence-corrected chi connectivity index (χ2v) is 7.49. The van der Waals surface area contributed by atoms with Gasteiger partial charge >= 0.3 is 0 Å². The van der Waals surface area contributed by atoms with Crippen LogP contribution in [0.1, 0.15) is 16.7 Å². The van der Waals surface area contributed by atoms with Crippen LogP contribution in [0, 0.1) is 0 Å². The molecule has 3 rings (SSSR count). The predicted octanol–water partition coefficient (Wildman–Crippen LogP) is 1.40. The third-order valence-electron chi connectivity index (χ3n) is 5.41. The van der Waals surface area contributed by atoms with E-state index in [-0.39, 0.29) is 6.61 Å². The first kappa shape index (κ1) is 23.1. The van der Waals surface area contributed by atoms with Crippen molar-refractivity contribution >= 4 is 0 Å². The quantitative estimate of drug-likeness (QED) is 0.315. The summed E-state index contributed by atoms with van der Waals surface area (Å²) in [6.07, 6.45) is -4.51. The van der Waals surface area contributed by atoms with E-state index in [2.05, 4.69) is 0 Å². The topological polar surface area (TPSA) is 116 Å². The number of rotatable bonds is 10. The summed E-state index contributed by atoms with van der Waals surface area (Å²) >= 11 is 0. The molecule has 0 saturated carbocycles. The maximum absolute atomic E-state index is 10.6. The Morgan fingerprint density at radius 3 is 1.42 bits per heavy atom. The van der Waals surface area contributed by atoms with Gasteiger partial charge in [-0.1, -0.05) is 91.0 Å². The lowest BCUT2D eigenvalue weighted by molar-refractivity contribution is -0.116. The maximum Gasteiger partial charge on any atom is 0.143 e. The Balaban J connectivity index is 2.02. The Kier molecular flexibility index (Phi) is 7.92. The summed E-state index contributed by atoms with van der Waals surface area (Å²) < 4.78 is 6.41. The third kappa shape index (κ3) is 5.02. The fourth-order valence-corrected chi connectivity index (χ4v) is 3.67. The van der Waals surface area contributed by atoms with Gasteiger partial charge < -0.3 is 30.9 Å². The molecule has 0 aromatic heterocycles. The van der Waals surface area contributed by atoms with E-state index >= 15 is 0 Å². The largest absolute Gasteiger partial charge is 0.395 e. The molecule has 3 aromatic carbocycles. The molecule has 0 aliphatic rings. The molecule has 164 valence electrons. The molecule has 0 fully saturated rings. The lowest BCUT2D eigenvalue weighted by Crippen LogP contribution is -2.51. The molecule has 0 aliphatic heterocycles. The number of hydrogen-bond acceptors (Lipinski definition) is 6. The van der Waals surface area contributed by atoms with Crippen LogP contribution in [0.3, 0.4) is 0 Å². The zero-order valence-electron chi connectivity index (χ0n) is 17.2. The monoisotopic (exact) mass is 423 g/mol. The van der Waals surface area contributed by atoms with Crippen LogP contribution in [0.5, 0.6) is 0 Å². The molecular weight excluding hydrogens is 394 g/mol. The van der Waals surface area contributed by atoms with Crippen molar-refractivity contribution in [3.63, 3.8) is 0 Å². The highest BCUT2D eigenvalue weighted by atomic mass is 16.5. The van der Waals surface area contributed by atoms with Gasteiger partial charge in [-0.25, -0.2) is 0 Å². The van der Waals surface area contributed by atoms with E-state index in [0.29, 0.717) is 0 Å². The fourth-order valence-electron chi connectivity index (χ4n) is 3.67. The van der Waals surface area contributed by atoms with Crippen molar-refractivity contribution < 1.29 is 25.2 Å². The van der Waals surface area contributed by atoms with E-state index in [1.54, 1.807) is 0 Å². The van der Waals surface area contributed by atoms with Crippen molar-refractivity contribution in [2.24, 2.45) is 5.73 Å². The van der Waals surface area contributed by atoms with Gasteiger partial charge in [0.05, 0.1) is 25.4 Å². The zero-order chi connectivity index (χ0) is 22.3. The standard InChI is InChI=1S/C25H29NO5/c26-21(16-27)23(29)24(30)22(28)17-31-25(18-10-4-1-5-11-18,19-12-6-2-7-13-19)20-14-8-3-9-15-20/h1-15,21-24,27-30H,16-17,26H2/t21-,22?,23-,24-/m1/s1. The van der Waals surface area contributed by atoms with Crippen molar-refractivity contribution in [2.45, 2.75) is 30.0 Å². The van der Waals surface area contributed by atoms with Crippen LogP contribution in [0.4, 0.5) is 0 Å². The van der Waals surface area contributed by atoms with Crippen molar-refractivity contribution in [3.05, 3.63) is 108 Å². The van der Waals surface area contributed by atoms with Crippen LogP contribution in [0.15, 0.2) is 91.0 Å². The number of benzene rings is 3. The molecule has 0 saturated heterocycles. The van der Waals surface area contributed by atoms with Crippen LogP contribution in [0.2, 0.25) is 0 Å². The number of nitrogens with two attached hydrogens (primary N) is 1. The molecule has 6 N–H and O–H groups in total. The molecular formula is C25H29NO5. The molecule has 0 aliphatic carbocycles. The Morgan fingerprint density at radius 2 is 1.06 bits per heavy atom. The second kappa shape index (κ2) is 10.6. The lowest BCUT2D eigenvalue weighted by atomic mass is 9.80. The highest BCUT2D eigenvalue weighted by Gasteiger charge is 2.39. The summed E-state index contributed by atoms with van der Waals surface area (Å²) in [7, 11) is 0. The van der Waals surface area contributed by atoms with E-state index < -0.39 is 36.6 Å². The Labute approximate surface area is 182 Å². The van der Waals surface area contributed by atoms with Crippen LogP contribution < -0.4 is 5.73 Å². The molecule has 6 heteroatoms. The van der Waals surface area contributed by atoms with E-state index in [1.807, 2.05) is 91.0 Å². The van der Waals surface area contributed by atoms with Gasteiger partial charge in [0.2, 0.25) is 0 Å². The van der Waals surface area contributed by atoms with E-state index in [4.69, 9.17) is 15.6 Å². The van der Waals surface area contributed by atoms with Gasteiger partial charge in [0, 0.05) is 0 Å². The number of hydrogen-bond donors (Lipinski definition) is 5. The Hall–Kier alpha value is -2.58. The van der Waals surface area contributed by atoms with E-state index in [1.165, 1.54) is 0 Å². The van der Waals surface area contributed by atoms with Crippen molar-refractivity contribution in [1.82, 2.24) is 0 Å². The minimum atomic E-state index is -1.58. The van der Waals surface area contributed by atoms with Crippen LogP contribution in [-0.4, -0.2) is 58.0 Å². The molecule has 0 heterocycles. The number of aliphatic hydroxyl groups is 4. The first-order valence-corrected chi connectivity index (χ1v) is 10.2. The Morgan fingerprint density at radius 1 is 0.677 bits per heavy atom. The molecule has 31 heavy (non-hydrogen) atoms. The van der Waals surface area contributed by atoms with Gasteiger partial charge in [-0.3, -0.25) is 0 Å². The van der Waals surface area contributed by atoms with Gasteiger partial charge in [-0.2, -0.15) is 0 Å². The smallest absolute Gasteiger partial charge is 0.143 e. The summed E-state index contributed by atoms with van der Waals surface area (Å²) in [5, 5.41) is 40.1. The highest BCUT2D eigenvalue weighted by molar-refractivity contribution is 5.47. The van der Waals surface area contributed by atoms with Crippen LogP contribution >= 0.6 is 0 Å². The fraction of sp³-hybridized carbons (Fsp3) is 0.280. The molecule has 0 bridgehead atoms. The number of ether oxygens (including phenoxy) is 1. The zero-order valence-corrected chi connectivity index (χ0v) is 17.2. The molecule has 0 radical (unpaired) electrons.